The van der Waals surface area contributed by atoms with Crippen LogP contribution in [-0.4, -0.2) is 47.3 Å². The zero-order valence-electron chi connectivity index (χ0n) is 14.9. The van der Waals surface area contributed by atoms with E-state index in [1.54, 1.807) is 4.90 Å². The van der Waals surface area contributed by atoms with Crippen LogP contribution in [-0.2, 0) is 22.7 Å². The molecule has 4 rings (SSSR count). The van der Waals surface area contributed by atoms with Gasteiger partial charge in [-0.25, -0.2) is 0 Å². The van der Waals surface area contributed by atoms with E-state index in [-0.39, 0.29) is 24.1 Å². The van der Waals surface area contributed by atoms with Gasteiger partial charge in [-0.2, -0.15) is 0 Å². The molecule has 2 saturated heterocycles. The summed E-state index contributed by atoms with van der Waals surface area (Å²) in [6, 6.07) is 6.39. The highest BCUT2D eigenvalue weighted by molar-refractivity contribution is 6.05. The zero-order chi connectivity index (χ0) is 18.3. The topological polar surface area (TPSA) is 90.5 Å². The fraction of sp³-hybridized carbons (Fsp3) is 0.526. The summed E-state index contributed by atoms with van der Waals surface area (Å²) < 4.78 is 0. The largest absolute Gasteiger partial charge is 0.322 e. The van der Waals surface area contributed by atoms with Gasteiger partial charge < -0.3 is 15.5 Å². The maximum atomic E-state index is 12.8. The Kier molecular flexibility index (Phi) is 4.50. The minimum atomic E-state index is -0.555. The number of fused-ring (bicyclic) bond motifs is 1. The molecule has 3 unspecified atom stereocenters. The van der Waals surface area contributed by atoms with Crippen molar-refractivity contribution in [1.82, 2.24) is 20.9 Å². The van der Waals surface area contributed by atoms with Crippen LogP contribution < -0.4 is 16.0 Å². The van der Waals surface area contributed by atoms with Gasteiger partial charge in [0.15, 0.2) is 0 Å². The molecule has 7 heteroatoms. The highest BCUT2D eigenvalue weighted by atomic mass is 16.2. The summed E-state index contributed by atoms with van der Waals surface area (Å²) in [5, 5.41) is 9.28. The zero-order valence-corrected chi connectivity index (χ0v) is 14.9. The quantitative estimate of drug-likeness (QED) is 0.675. The Morgan fingerprint density at radius 2 is 2.12 bits per heavy atom. The Morgan fingerprint density at radius 1 is 1.27 bits per heavy atom. The molecule has 0 radical (unpaired) electrons. The van der Waals surface area contributed by atoms with Gasteiger partial charge in [0.05, 0.1) is 0 Å². The molecular weight excluding hydrogens is 332 g/mol. The lowest BCUT2D eigenvalue weighted by Gasteiger charge is -2.29. The van der Waals surface area contributed by atoms with Crippen LogP contribution in [0.25, 0.3) is 0 Å². The molecule has 1 aromatic carbocycles. The van der Waals surface area contributed by atoms with Crippen LogP contribution in [0.4, 0.5) is 0 Å². The van der Waals surface area contributed by atoms with Crippen LogP contribution in [0.15, 0.2) is 18.2 Å². The van der Waals surface area contributed by atoms with Gasteiger partial charge in [0.25, 0.3) is 5.91 Å². The number of imide groups is 1. The van der Waals surface area contributed by atoms with Crippen LogP contribution in [0.3, 0.4) is 0 Å². The Labute approximate surface area is 152 Å². The van der Waals surface area contributed by atoms with Crippen molar-refractivity contribution >= 4 is 17.7 Å². The molecule has 2 fully saturated rings. The van der Waals surface area contributed by atoms with Crippen LogP contribution >= 0.6 is 0 Å². The number of hydrogen-bond donors (Lipinski definition) is 3. The number of carbonyl (C=O) groups excluding carboxylic acids is 3. The van der Waals surface area contributed by atoms with E-state index >= 15 is 0 Å². The SMILES string of the molecule is CC1CC(NCc2ccc3c(c2)C(=O)N(C2CCC(=O)NC2=O)C3)CN1. The first-order valence-electron chi connectivity index (χ1n) is 9.24. The monoisotopic (exact) mass is 356 g/mol. The molecule has 0 bridgehead atoms. The summed E-state index contributed by atoms with van der Waals surface area (Å²) in [6.07, 6.45) is 1.78. The lowest BCUT2D eigenvalue weighted by molar-refractivity contribution is -0.136. The number of piperidine rings is 1. The summed E-state index contributed by atoms with van der Waals surface area (Å²) >= 11 is 0. The van der Waals surface area contributed by atoms with E-state index in [2.05, 4.69) is 22.9 Å². The number of rotatable bonds is 4. The minimum Gasteiger partial charge on any atom is -0.322 e. The smallest absolute Gasteiger partial charge is 0.255 e. The summed E-state index contributed by atoms with van der Waals surface area (Å²) in [5.41, 5.74) is 2.69. The fourth-order valence-corrected chi connectivity index (χ4v) is 4.07. The van der Waals surface area contributed by atoms with E-state index in [9.17, 15) is 14.4 Å². The molecule has 7 nitrogen and oxygen atoms in total. The molecule has 0 aliphatic carbocycles. The van der Waals surface area contributed by atoms with Crippen LogP contribution in [0.1, 0.15) is 47.7 Å². The predicted molar refractivity (Wildman–Crippen MR) is 95.2 cm³/mol. The molecular formula is C19H24N4O3. The molecule has 0 aromatic heterocycles. The van der Waals surface area contributed by atoms with Crippen molar-refractivity contribution in [3.63, 3.8) is 0 Å². The summed E-state index contributed by atoms with van der Waals surface area (Å²) in [7, 11) is 0. The minimum absolute atomic E-state index is 0.118. The first kappa shape index (κ1) is 17.2. The average molecular weight is 356 g/mol. The highest BCUT2D eigenvalue weighted by Gasteiger charge is 2.39. The average Bonchev–Trinajstić information content (AvgIpc) is 3.17. The Bertz CT molecular complexity index is 763. The Morgan fingerprint density at radius 3 is 2.85 bits per heavy atom. The molecule has 3 aliphatic heterocycles. The molecule has 3 aliphatic rings. The fourth-order valence-electron chi connectivity index (χ4n) is 4.07. The van der Waals surface area contributed by atoms with Gasteiger partial charge in [-0.05, 0) is 37.0 Å². The molecule has 0 spiro atoms. The standard InChI is InChI=1S/C19H24N4O3/c1-11-6-14(9-20-11)21-8-12-2-3-13-10-23(19(26)15(13)7-12)16-4-5-17(24)22-18(16)25/h2-3,7,11,14,16,20-21H,4-6,8-10H2,1H3,(H,22,24,25). The first-order valence-corrected chi connectivity index (χ1v) is 9.24. The Hall–Kier alpha value is -2.25. The van der Waals surface area contributed by atoms with Crippen molar-refractivity contribution < 1.29 is 14.4 Å². The second kappa shape index (κ2) is 6.81. The second-order valence-electron chi connectivity index (χ2n) is 7.51. The third-order valence-corrected chi connectivity index (χ3v) is 5.54. The third kappa shape index (κ3) is 3.24. The molecule has 3 N–H and O–H groups in total. The second-order valence-corrected chi connectivity index (χ2v) is 7.51. The molecule has 138 valence electrons. The lowest BCUT2D eigenvalue weighted by atomic mass is 10.0. The summed E-state index contributed by atoms with van der Waals surface area (Å²) in [6.45, 7) is 4.30. The van der Waals surface area contributed by atoms with Crippen molar-refractivity contribution in [3.8, 4) is 0 Å². The van der Waals surface area contributed by atoms with Gasteiger partial charge in [0.2, 0.25) is 11.8 Å². The third-order valence-electron chi connectivity index (χ3n) is 5.54. The van der Waals surface area contributed by atoms with Gasteiger partial charge in [-0.3, -0.25) is 19.7 Å². The number of nitrogens with zero attached hydrogens (tertiary/aromatic N) is 1. The normalized spacial score (nSPS) is 28.4. The molecule has 3 amide bonds. The number of carbonyl (C=O) groups is 3. The highest BCUT2D eigenvalue weighted by Crippen LogP contribution is 2.28. The van der Waals surface area contributed by atoms with E-state index in [0.29, 0.717) is 30.6 Å². The van der Waals surface area contributed by atoms with Gasteiger partial charge in [-0.15, -0.1) is 0 Å². The first-order chi connectivity index (χ1) is 12.5. The van der Waals surface area contributed by atoms with E-state index in [1.807, 2.05) is 18.2 Å². The van der Waals surface area contributed by atoms with Crippen LogP contribution in [0, 0.1) is 0 Å². The Balaban J connectivity index is 1.43. The molecule has 26 heavy (non-hydrogen) atoms. The molecule has 0 saturated carbocycles. The van der Waals surface area contributed by atoms with Crippen molar-refractivity contribution in [1.29, 1.82) is 0 Å². The predicted octanol–water partition coefficient (Wildman–Crippen LogP) is 0.288. The maximum Gasteiger partial charge on any atom is 0.255 e. The number of benzene rings is 1. The lowest BCUT2D eigenvalue weighted by Crippen LogP contribution is -2.52. The van der Waals surface area contributed by atoms with Gasteiger partial charge in [-0.1, -0.05) is 12.1 Å². The summed E-state index contributed by atoms with van der Waals surface area (Å²) in [4.78, 5) is 37.8. The maximum absolute atomic E-state index is 12.8. The van der Waals surface area contributed by atoms with Gasteiger partial charge in [0, 0.05) is 43.7 Å². The number of amides is 3. The molecule has 3 atom stereocenters. The van der Waals surface area contributed by atoms with Crippen molar-refractivity contribution in [2.45, 2.75) is 57.4 Å². The number of nitrogens with one attached hydrogen (secondary N) is 3. The van der Waals surface area contributed by atoms with Gasteiger partial charge >= 0.3 is 0 Å². The number of hydrogen-bond acceptors (Lipinski definition) is 5. The summed E-state index contributed by atoms with van der Waals surface area (Å²) in [5.74, 6) is -0.751. The molecule has 1 aromatic rings. The van der Waals surface area contributed by atoms with E-state index in [4.69, 9.17) is 0 Å². The van der Waals surface area contributed by atoms with Gasteiger partial charge in [0.1, 0.15) is 6.04 Å². The van der Waals surface area contributed by atoms with E-state index < -0.39 is 6.04 Å². The van der Waals surface area contributed by atoms with Crippen LogP contribution in [0.2, 0.25) is 0 Å². The van der Waals surface area contributed by atoms with Crippen molar-refractivity contribution in [2.75, 3.05) is 6.54 Å². The van der Waals surface area contributed by atoms with Crippen LogP contribution in [0.5, 0.6) is 0 Å². The van der Waals surface area contributed by atoms with Crippen molar-refractivity contribution in [3.05, 3.63) is 34.9 Å². The van der Waals surface area contributed by atoms with E-state index in [1.165, 1.54) is 0 Å². The molecule has 3 heterocycles. The van der Waals surface area contributed by atoms with E-state index in [0.717, 1.165) is 30.6 Å². The van der Waals surface area contributed by atoms with Crippen molar-refractivity contribution in [2.24, 2.45) is 0 Å².